The van der Waals surface area contributed by atoms with E-state index in [0.717, 1.165) is 32.4 Å². The Bertz CT molecular complexity index is 3010. The molecule has 19 heteroatoms. The minimum absolute atomic E-state index is 0.000723. The lowest BCUT2D eigenvalue weighted by Crippen LogP contribution is -2.60. The van der Waals surface area contributed by atoms with Gasteiger partial charge in [0.1, 0.15) is 30.2 Å². The number of nitrogens with one attached hydrogen (secondary N) is 8. The second-order valence-corrected chi connectivity index (χ2v) is 18.6. The Balaban J connectivity index is 1.26. The molecular weight excluding hydrogens is 941 g/mol. The molecule has 388 valence electrons. The van der Waals surface area contributed by atoms with Crippen molar-refractivity contribution in [2.24, 2.45) is 22.2 Å². The maximum atomic E-state index is 14.9. The second kappa shape index (κ2) is 25.9. The van der Waals surface area contributed by atoms with Crippen LogP contribution in [0.2, 0.25) is 0 Å². The van der Waals surface area contributed by atoms with E-state index in [1.54, 1.807) is 13.1 Å². The Labute approximate surface area is 429 Å². The highest BCUT2D eigenvalue weighted by Gasteiger charge is 2.34. The standard InChI is InChI=1S/C55H66N12O7/c1-2-59-50(70)43-18-9-10-24-60-48(68)31-41(56)49(69)65-47(30-39-32-62-42-17-8-7-16-40(39)42)54(74)67-46(29-34-21-23-36-13-4-6-15-38(36)27-34)53(73)64-44(19-11-25-61-55(57)58)51(71)66-45(52(72)63-43)28-33-20-22-35-12-3-5-14-37(35)26-33/h3-8,12-17,20-23,26-27,32,41,43-47,62H,2,9-11,18-19,24-25,28-31,56H2,1H3,(H,59,70)(H,60,68)(H,63,72)(H,64,73)(H,65,69)(H,66,71)(H,67,74)(H4,57,58,61)/t41-,43-,44-,45-,46+,47-/m0/s1. The smallest absolute Gasteiger partial charge is 0.243 e. The predicted molar refractivity (Wildman–Crippen MR) is 285 cm³/mol. The van der Waals surface area contributed by atoms with Crippen molar-refractivity contribution >= 4 is 79.8 Å². The largest absolute Gasteiger partial charge is 0.370 e. The number of H-pyrrole nitrogens is 1. The van der Waals surface area contributed by atoms with E-state index in [9.17, 15) is 33.6 Å². The number of nitrogens with zero attached hydrogens (tertiary/aromatic N) is 1. The van der Waals surface area contributed by atoms with Gasteiger partial charge in [0.15, 0.2) is 5.96 Å². The molecule has 6 atom stereocenters. The topological polar surface area (TPSA) is 310 Å². The van der Waals surface area contributed by atoms with Crippen LogP contribution in [0.15, 0.2) is 120 Å². The van der Waals surface area contributed by atoms with Crippen LogP contribution in [0.3, 0.4) is 0 Å². The van der Waals surface area contributed by atoms with Crippen LogP contribution < -0.4 is 54.4 Å². The summed E-state index contributed by atoms with van der Waals surface area (Å²) in [6.45, 7) is 2.33. The Morgan fingerprint density at radius 2 is 1.18 bits per heavy atom. The number of carbonyl (C=O) groups excluding carboxylic acids is 7. The van der Waals surface area contributed by atoms with Gasteiger partial charge in [-0.1, -0.05) is 103 Å². The Morgan fingerprint density at radius 1 is 0.635 bits per heavy atom. The van der Waals surface area contributed by atoms with Gasteiger partial charge in [0.25, 0.3) is 0 Å². The zero-order valence-corrected chi connectivity index (χ0v) is 41.5. The van der Waals surface area contributed by atoms with Gasteiger partial charge in [0.2, 0.25) is 41.4 Å². The fraction of sp³-hybridized carbons (Fsp3) is 0.345. The van der Waals surface area contributed by atoms with E-state index in [4.69, 9.17) is 17.2 Å². The number of hydrogen-bond donors (Lipinski definition) is 11. The van der Waals surface area contributed by atoms with E-state index in [-0.39, 0.29) is 57.6 Å². The molecule has 0 unspecified atom stereocenters. The van der Waals surface area contributed by atoms with Gasteiger partial charge < -0.3 is 59.4 Å². The maximum Gasteiger partial charge on any atom is 0.243 e. The minimum atomic E-state index is -1.36. The fourth-order valence-corrected chi connectivity index (χ4v) is 9.12. The third-order valence-corrected chi connectivity index (χ3v) is 13.1. The molecule has 1 aromatic heterocycles. The zero-order chi connectivity index (χ0) is 52.6. The number of guanidine groups is 1. The van der Waals surface area contributed by atoms with E-state index in [1.807, 2.05) is 109 Å². The van der Waals surface area contributed by atoms with Gasteiger partial charge in [-0.3, -0.25) is 38.6 Å². The molecule has 14 N–H and O–H groups in total. The lowest BCUT2D eigenvalue weighted by Gasteiger charge is -2.28. The van der Waals surface area contributed by atoms with E-state index in [0.29, 0.717) is 36.1 Å². The molecule has 7 rings (SSSR count). The average molecular weight is 1010 g/mol. The highest BCUT2D eigenvalue weighted by atomic mass is 16.2. The highest BCUT2D eigenvalue weighted by Crippen LogP contribution is 2.22. The number of nitrogens with two attached hydrogens (primary N) is 3. The average Bonchev–Trinajstić information content (AvgIpc) is 3.80. The lowest BCUT2D eigenvalue weighted by atomic mass is 9.98. The van der Waals surface area contributed by atoms with Crippen LogP contribution in [0.25, 0.3) is 32.4 Å². The first-order valence-electron chi connectivity index (χ1n) is 25.1. The first kappa shape index (κ1) is 53.5. The number of benzene rings is 5. The third-order valence-electron chi connectivity index (χ3n) is 13.1. The quantitative estimate of drug-likeness (QED) is 0.0482. The second-order valence-electron chi connectivity index (χ2n) is 18.6. The van der Waals surface area contributed by atoms with E-state index in [1.165, 1.54) is 0 Å². The number of amides is 7. The minimum Gasteiger partial charge on any atom is -0.370 e. The van der Waals surface area contributed by atoms with Crippen LogP contribution in [0.4, 0.5) is 0 Å². The molecule has 0 spiro atoms. The van der Waals surface area contributed by atoms with Crippen LogP contribution in [0.1, 0.15) is 62.1 Å². The van der Waals surface area contributed by atoms with E-state index < -0.39 is 84.0 Å². The molecule has 1 aliphatic heterocycles. The molecule has 6 aromatic rings. The summed E-state index contributed by atoms with van der Waals surface area (Å²) in [5.74, 6) is -4.73. The summed E-state index contributed by atoms with van der Waals surface area (Å²) < 4.78 is 0. The van der Waals surface area contributed by atoms with Crippen molar-refractivity contribution in [2.75, 3.05) is 19.6 Å². The van der Waals surface area contributed by atoms with Crippen molar-refractivity contribution in [1.29, 1.82) is 0 Å². The number of aromatic nitrogens is 1. The number of carbonyl (C=O) groups is 7. The van der Waals surface area contributed by atoms with Crippen molar-refractivity contribution in [2.45, 2.75) is 101 Å². The van der Waals surface area contributed by atoms with Crippen LogP contribution in [0, 0.1) is 0 Å². The summed E-state index contributed by atoms with van der Waals surface area (Å²) in [4.78, 5) is 107. The number of aromatic amines is 1. The van der Waals surface area contributed by atoms with E-state index >= 15 is 0 Å². The van der Waals surface area contributed by atoms with Crippen molar-refractivity contribution < 1.29 is 33.6 Å². The Morgan fingerprint density at radius 3 is 1.80 bits per heavy atom. The summed E-state index contributed by atoms with van der Waals surface area (Å²) in [6, 6.07) is 26.6. The fourth-order valence-electron chi connectivity index (χ4n) is 9.12. The molecular formula is C55H66N12O7. The molecule has 0 saturated carbocycles. The summed E-state index contributed by atoms with van der Waals surface area (Å²) in [5, 5.41) is 24.3. The van der Waals surface area contributed by atoms with Crippen molar-refractivity contribution in [3.63, 3.8) is 0 Å². The molecule has 19 nitrogen and oxygen atoms in total. The number of para-hydroxylation sites is 1. The van der Waals surface area contributed by atoms with Crippen LogP contribution in [-0.4, -0.2) is 108 Å². The molecule has 0 radical (unpaired) electrons. The summed E-state index contributed by atoms with van der Waals surface area (Å²) >= 11 is 0. The normalized spacial score (nSPS) is 21.1. The Kier molecular flexibility index (Phi) is 18.7. The van der Waals surface area contributed by atoms with Crippen LogP contribution in [0.5, 0.6) is 0 Å². The van der Waals surface area contributed by atoms with Gasteiger partial charge in [-0.25, -0.2) is 0 Å². The SMILES string of the molecule is CCNC(=O)[C@@H]1CCCCNC(=O)C[C@H](N)C(=O)N[C@@H](Cc2c[nH]c3ccccc23)C(=O)N[C@H](Cc2ccc3ccccc3c2)C(=O)N[C@@H](CCCN=C(N)N)C(=O)N[C@@H](Cc2ccc3ccccc3c2)C(=O)N1. The molecule has 1 saturated heterocycles. The van der Waals surface area contributed by atoms with Gasteiger partial charge in [0.05, 0.1) is 12.5 Å². The predicted octanol–water partition coefficient (Wildman–Crippen LogP) is 2.13. The summed E-state index contributed by atoms with van der Waals surface area (Å²) in [6.07, 6.45) is 2.47. The monoisotopic (exact) mass is 1010 g/mol. The molecule has 1 fully saturated rings. The van der Waals surface area contributed by atoms with Crippen molar-refractivity contribution in [1.82, 2.24) is 42.2 Å². The maximum absolute atomic E-state index is 14.9. The van der Waals surface area contributed by atoms with Crippen LogP contribution in [-0.2, 0) is 52.8 Å². The highest BCUT2D eigenvalue weighted by molar-refractivity contribution is 5.98. The Hall–Kier alpha value is -8.32. The van der Waals surface area contributed by atoms with Gasteiger partial charge in [-0.15, -0.1) is 0 Å². The van der Waals surface area contributed by atoms with Gasteiger partial charge >= 0.3 is 0 Å². The number of aliphatic imine (C=N–C) groups is 1. The molecule has 1 aliphatic rings. The number of rotatable bonds is 12. The summed E-state index contributed by atoms with van der Waals surface area (Å²) in [7, 11) is 0. The lowest BCUT2D eigenvalue weighted by molar-refractivity contribution is -0.135. The van der Waals surface area contributed by atoms with E-state index in [2.05, 4.69) is 47.2 Å². The van der Waals surface area contributed by atoms with Gasteiger partial charge in [0, 0.05) is 56.0 Å². The molecule has 74 heavy (non-hydrogen) atoms. The first-order valence-corrected chi connectivity index (χ1v) is 25.1. The van der Waals surface area contributed by atoms with Crippen molar-refractivity contribution in [3.8, 4) is 0 Å². The number of likely N-dealkylation sites (N-methyl/N-ethyl adjacent to an activating group) is 1. The number of fused-ring (bicyclic) bond motifs is 3. The molecule has 5 aromatic carbocycles. The molecule has 0 bridgehead atoms. The number of hydrogen-bond acceptors (Lipinski definition) is 9. The molecule has 2 heterocycles. The summed E-state index contributed by atoms with van der Waals surface area (Å²) in [5.41, 5.74) is 20.5. The third kappa shape index (κ3) is 14.9. The molecule has 7 amide bonds. The van der Waals surface area contributed by atoms with Gasteiger partial charge in [-0.2, -0.15) is 0 Å². The first-order chi connectivity index (χ1) is 35.7. The zero-order valence-electron chi connectivity index (χ0n) is 41.5. The van der Waals surface area contributed by atoms with Crippen molar-refractivity contribution in [3.05, 3.63) is 132 Å². The van der Waals surface area contributed by atoms with Crippen LogP contribution >= 0.6 is 0 Å². The molecule has 0 aliphatic carbocycles. The van der Waals surface area contributed by atoms with Gasteiger partial charge in [-0.05, 0) is 83.3 Å².